The first kappa shape index (κ1) is 19.3. The number of methoxy groups -OCH3 is 1. The molecule has 138 valence electrons. The second kappa shape index (κ2) is 10.0. The minimum Gasteiger partial charge on any atom is -0.494 e. The van der Waals surface area contributed by atoms with Crippen LogP contribution in [0.3, 0.4) is 0 Å². The second-order valence-electron chi connectivity index (χ2n) is 5.33. The lowest BCUT2D eigenvalue weighted by Crippen LogP contribution is -2.43. The quantitative estimate of drug-likeness (QED) is 0.706. The lowest BCUT2D eigenvalue weighted by Gasteiger charge is -2.09. The van der Waals surface area contributed by atoms with Gasteiger partial charge < -0.3 is 14.2 Å². The van der Waals surface area contributed by atoms with E-state index < -0.39 is 11.8 Å². The summed E-state index contributed by atoms with van der Waals surface area (Å²) in [7, 11) is 1.40. The summed E-state index contributed by atoms with van der Waals surface area (Å²) in [4.78, 5) is 23.2. The Kier molecular flexibility index (Phi) is 7.45. The van der Waals surface area contributed by atoms with Gasteiger partial charge in [-0.2, -0.15) is 0 Å². The highest BCUT2D eigenvalue weighted by molar-refractivity contribution is 5.95. The SMILES string of the molecule is CCOc1ccc(OCc2ccc(C(=O)NNC(=O)COC)cc2)cc1. The zero-order valence-corrected chi connectivity index (χ0v) is 14.8. The van der Waals surface area contributed by atoms with E-state index in [4.69, 9.17) is 9.47 Å². The van der Waals surface area contributed by atoms with E-state index in [1.165, 1.54) is 7.11 Å². The van der Waals surface area contributed by atoms with Gasteiger partial charge in [0.1, 0.15) is 24.7 Å². The van der Waals surface area contributed by atoms with Crippen molar-refractivity contribution in [1.29, 1.82) is 0 Å². The average Bonchev–Trinajstić information content (AvgIpc) is 2.66. The third-order valence-electron chi connectivity index (χ3n) is 3.35. The van der Waals surface area contributed by atoms with Crippen molar-refractivity contribution < 1.29 is 23.8 Å². The molecule has 0 aliphatic rings. The van der Waals surface area contributed by atoms with Gasteiger partial charge in [0.25, 0.3) is 11.8 Å². The Balaban J connectivity index is 1.83. The van der Waals surface area contributed by atoms with Gasteiger partial charge in [-0.25, -0.2) is 0 Å². The lowest BCUT2D eigenvalue weighted by molar-refractivity contribution is -0.125. The number of carbonyl (C=O) groups is 2. The topological polar surface area (TPSA) is 85.9 Å². The Hall–Kier alpha value is -3.06. The van der Waals surface area contributed by atoms with Crippen LogP contribution in [-0.4, -0.2) is 32.1 Å². The highest BCUT2D eigenvalue weighted by Crippen LogP contribution is 2.18. The van der Waals surface area contributed by atoms with Crippen molar-refractivity contribution in [2.75, 3.05) is 20.3 Å². The third-order valence-corrected chi connectivity index (χ3v) is 3.35. The van der Waals surface area contributed by atoms with Gasteiger partial charge in [-0.15, -0.1) is 0 Å². The summed E-state index contributed by atoms with van der Waals surface area (Å²) in [5, 5.41) is 0. The average molecular weight is 358 g/mol. The van der Waals surface area contributed by atoms with Crippen LogP contribution in [0.2, 0.25) is 0 Å². The lowest BCUT2D eigenvalue weighted by atomic mass is 10.1. The van der Waals surface area contributed by atoms with Crippen LogP contribution in [0.15, 0.2) is 48.5 Å². The van der Waals surface area contributed by atoms with Crippen LogP contribution in [0, 0.1) is 0 Å². The predicted octanol–water partition coefficient (Wildman–Crippen LogP) is 2.07. The minimum absolute atomic E-state index is 0.123. The molecule has 0 unspecified atom stereocenters. The number of ether oxygens (including phenoxy) is 3. The molecule has 26 heavy (non-hydrogen) atoms. The number of carbonyl (C=O) groups excluding carboxylic acids is 2. The molecule has 2 aromatic carbocycles. The largest absolute Gasteiger partial charge is 0.494 e. The van der Waals surface area contributed by atoms with Crippen molar-refractivity contribution in [3.05, 3.63) is 59.7 Å². The molecule has 0 saturated heterocycles. The Labute approximate surface area is 152 Å². The number of rotatable bonds is 8. The zero-order chi connectivity index (χ0) is 18.8. The molecule has 0 fully saturated rings. The summed E-state index contributed by atoms with van der Waals surface area (Å²) < 4.78 is 15.7. The highest BCUT2D eigenvalue weighted by Gasteiger charge is 2.07. The van der Waals surface area contributed by atoms with Crippen LogP contribution in [0.1, 0.15) is 22.8 Å². The van der Waals surface area contributed by atoms with Crippen LogP contribution >= 0.6 is 0 Å². The van der Waals surface area contributed by atoms with E-state index >= 15 is 0 Å². The van der Waals surface area contributed by atoms with E-state index in [9.17, 15) is 9.59 Å². The van der Waals surface area contributed by atoms with Gasteiger partial charge in [-0.05, 0) is 48.9 Å². The molecule has 2 N–H and O–H groups in total. The molecule has 0 atom stereocenters. The second-order valence-corrected chi connectivity index (χ2v) is 5.33. The first-order chi connectivity index (χ1) is 12.6. The highest BCUT2D eigenvalue weighted by atomic mass is 16.5. The molecule has 2 aromatic rings. The zero-order valence-electron chi connectivity index (χ0n) is 14.8. The fourth-order valence-electron chi connectivity index (χ4n) is 2.08. The van der Waals surface area contributed by atoms with Crippen LogP contribution in [0.25, 0.3) is 0 Å². The van der Waals surface area contributed by atoms with Crippen molar-refractivity contribution >= 4 is 11.8 Å². The van der Waals surface area contributed by atoms with Crippen molar-refractivity contribution in [2.45, 2.75) is 13.5 Å². The maximum absolute atomic E-state index is 11.9. The molecule has 2 rings (SSSR count). The van der Waals surface area contributed by atoms with E-state index in [0.29, 0.717) is 18.8 Å². The molecular weight excluding hydrogens is 336 g/mol. The molecule has 0 aliphatic carbocycles. The first-order valence-corrected chi connectivity index (χ1v) is 8.15. The first-order valence-electron chi connectivity index (χ1n) is 8.15. The maximum atomic E-state index is 11.9. The van der Waals surface area contributed by atoms with E-state index in [0.717, 1.165) is 17.1 Å². The molecule has 0 radical (unpaired) electrons. The molecule has 0 bridgehead atoms. The Bertz CT molecular complexity index is 714. The standard InChI is InChI=1S/C19H22N2O5/c1-3-25-16-8-10-17(11-9-16)26-12-14-4-6-15(7-5-14)19(23)21-20-18(22)13-24-2/h4-11H,3,12-13H2,1-2H3,(H,20,22)(H,21,23). The van der Waals surface area contributed by atoms with Crippen LogP contribution in [0.5, 0.6) is 11.5 Å². The van der Waals surface area contributed by atoms with Gasteiger partial charge in [0.2, 0.25) is 0 Å². The minimum atomic E-state index is -0.429. The molecule has 2 amide bonds. The van der Waals surface area contributed by atoms with Gasteiger partial charge >= 0.3 is 0 Å². The summed E-state index contributed by atoms with van der Waals surface area (Å²) >= 11 is 0. The van der Waals surface area contributed by atoms with Gasteiger partial charge in [-0.1, -0.05) is 12.1 Å². The molecule has 0 saturated carbocycles. The summed E-state index contributed by atoms with van der Waals surface area (Å²) in [6.07, 6.45) is 0. The number of hydrogen-bond donors (Lipinski definition) is 2. The molecule has 0 spiro atoms. The van der Waals surface area contributed by atoms with Crippen molar-refractivity contribution in [2.24, 2.45) is 0 Å². The van der Waals surface area contributed by atoms with E-state index in [2.05, 4.69) is 15.6 Å². The number of hydrazine groups is 1. The molecule has 7 heteroatoms. The fraction of sp³-hybridized carbons (Fsp3) is 0.263. The maximum Gasteiger partial charge on any atom is 0.269 e. The summed E-state index contributed by atoms with van der Waals surface area (Å²) in [5.74, 6) is 0.693. The molecule has 0 heterocycles. The van der Waals surface area contributed by atoms with Crippen molar-refractivity contribution in [3.63, 3.8) is 0 Å². The summed E-state index contributed by atoms with van der Waals surface area (Å²) in [5.41, 5.74) is 5.91. The van der Waals surface area contributed by atoms with E-state index in [-0.39, 0.29) is 6.61 Å². The van der Waals surface area contributed by atoms with E-state index in [1.807, 2.05) is 31.2 Å². The van der Waals surface area contributed by atoms with Gasteiger partial charge in [0, 0.05) is 12.7 Å². The molecule has 0 aromatic heterocycles. The number of benzene rings is 2. The van der Waals surface area contributed by atoms with Crippen LogP contribution in [-0.2, 0) is 16.1 Å². The van der Waals surface area contributed by atoms with Crippen LogP contribution in [0.4, 0.5) is 0 Å². The summed E-state index contributed by atoms with van der Waals surface area (Å²) in [6, 6.07) is 14.3. The monoisotopic (exact) mass is 358 g/mol. The van der Waals surface area contributed by atoms with Crippen molar-refractivity contribution in [3.8, 4) is 11.5 Å². The number of amides is 2. The normalized spacial score (nSPS) is 10.1. The van der Waals surface area contributed by atoms with Crippen LogP contribution < -0.4 is 20.3 Å². The molecule has 0 aliphatic heterocycles. The Morgan fingerprint density at radius 2 is 1.50 bits per heavy atom. The molecule has 7 nitrogen and oxygen atoms in total. The smallest absolute Gasteiger partial charge is 0.269 e. The van der Waals surface area contributed by atoms with Gasteiger partial charge in [0.05, 0.1) is 6.61 Å². The number of nitrogens with one attached hydrogen (secondary N) is 2. The Morgan fingerprint density at radius 1 is 0.885 bits per heavy atom. The number of hydrogen-bond acceptors (Lipinski definition) is 5. The predicted molar refractivity (Wildman–Crippen MR) is 95.9 cm³/mol. The van der Waals surface area contributed by atoms with Gasteiger partial charge in [-0.3, -0.25) is 20.4 Å². The van der Waals surface area contributed by atoms with E-state index in [1.54, 1.807) is 24.3 Å². The molecular formula is C19H22N2O5. The Morgan fingerprint density at radius 3 is 2.08 bits per heavy atom. The van der Waals surface area contributed by atoms with Gasteiger partial charge in [0.15, 0.2) is 0 Å². The summed E-state index contributed by atoms with van der Waals surface area (Å²) in [6.45, 7) is 2.81. The third kappa shape index (κ3) is 6.10. The van der Waals surface area contributed by atoms with Crippen molar-refractivity contribution in [1.82, 2.24) is 10.9 Å². The fourth-order valence-corrected chi connectivity index (χ4v) is 2.08.